The van der Waals surface area contributed by atoms with Crippen molar-refractivity contribution < 1.29 is 9.53 Å². The number of morpholine rings is 1. The fourth-order valence-corrected chi connectivity index (χ4v) is 4.78. The number of nitrogens with zero attached hydrogens (tertiary/aromatic N) is 5. The number of aryl methyl sites for hydroxylation is 2. The Morgan fingerprint density at radius 3 is 2.86 bits per heavy atom. The first-order valence-corrected chi connectivity index (χ1v) is 10.9. The number of benzene rings is 1. The second-order valence-electron chi connectivity index (χ2n) is 7.21. The number of amides is 1. The van der Waals surface area contributed by atoms with E-state index in [1.54, 1.807) is 9.58 Å². The number of aromatic nitrogens is 3. The molecular weight excluding hydrogens is 410 g/mol. The standard InChI is InChI=1S/C20H24ClN5O2S/c1-14-13-24(2)23-18(14)19(27)26(7-3-6-25-8-10-28-11-9-25)20-22-16-5-4-15(21)12-17(16)29-20/h4-5,12-13H,3,6-11H2,1-2H3. The fourth-order valence-electron chi connectivity index (χ4n) is 3.51. The molecule has 0 N–H and O–H groups in total. The van der Waals surface area contributed by atoms with Gasteiger partial charge in [0, 0.05) is 50.0 Å². The molecule has 4 rings (SSSR count). The third kappa shape index (κ3) is 4.61. The maximum Gasteiger partial charge on any atom is 0.280 e. The molecule has 9 heteroatoms. The summed E-state index contributed by atoms with van der Waals surface area (Å²) in [5, 5.41) is 5.72. The molecule has 1 aliphatic rings. The Labute approximate surface area is 178 Å². The van der Waals surface area contributed by atoms with Crippen LogP contribution in [-0.2, 0) is 11.8 Å². The molecular formula is C20H24ClN5O2S. The van der Waals surface area contributed by atoms with Gasteiger partial charge in [0.15, 0.2) is 10.8 Å². The quantitative estimate of drug-likeness (QED) is 0.596. The van der Waals surface area contributed by atoms with Gasteiger partial charge in [-0.1, -0.05) is 22.9 Å². The highest BCUT2D eigenvalue weighted by Crippen LogP contribution is 2.31. The summed E-state index contributed by atoms with van der Waals surface area (Å²) in [7, 11) is 1.83. The Kier molecular flexibility index (Phi) is 6.15. The molecule has 1 aromatic carbocycles. The Bertz CT molecular complexity index is 1010. The van der Waals surface area contributed by atoms with E-state index < -0.39 is 0 Å². The smallest absolute Gasteiger partial charge is 0.280 e. The lowest BCUT2D eigenvalue weighted by Gasteiger charge is -2.27. The van der Waals surface area contributed by atoms with E-state index in [0.29, 0.717) is 22.4 Å². The predicted octanol–water partition coefficient (Wildman–Crippen LogP) is 3.36. The minimum atomic E-state index is -0.116. The molecule has 1 saturated heterocycles. The predicted molar refractivity (Wildman–Crippen MR) is 116 cm³/mol. The van der Waals surface area contributed by atoms with E-state index in [0.717, 1.165) is 55.0 Å². The van der Waals surface area contributed by atoms with E-state index in [-0.39, 0.29) is 5.91 Å². The number of carbonyl (C=O) groups is 1. The number of rotatable bonds is 6. The summed E-state index contributed by atoms with van der Waals surface area (Å²) in [5.41, 5.74) is 2.18. The van der Waals surface area contributed by atoms with Crippen LogP contribution in [0.15, 0.2) is 24.4 Å². The third-order valence-corrected chi connectivity index (χ3v) is 6.27. The molecule has 0 spiro atoms. The summed E-state index contributed by atoms with van der Waals surface area (Å²) in [5.74, 6) is -0.116. The lowest BCUT2D eigenvalue weighted by molar-refractivity contribution is 0.0376. The summed E-state index contributed by atoms with van der Waals surface area (Å²) in [6.45, 7) is 6.83. The molecule has 1 amide bonds. The van der Waals surface area contributed by atoms with Gasteiger partial charge in [0.2, 0.25) is 0 Å². The summed E-state index contributed by atoms with van der Waals surface area (Å²) >= 11 is 7.61. The van der Waals surface area contributed by atoms with Crippen LogP contribution in [0.2, 0.25) is 5.02 Å². The molecule has 0 aliphatic carbocycles. The molecule has 7 nitrogen and oxygen atoms in total. The average Bonchev–Trinajstić information content (AvgIpc) is 3.27. The second kappa shape index (κ2) is 8.79. The number of carbonyl (C=O) groups excluding carboxylic acids is 1. The Balaban J connectivity index is 1.58. The molecule has 3 heterocycles. The number of halogens is 1. The van der Waals surface area contributed by atoms with E-state index in [2.05, 4.69) is 10.00 Å². The number of anilines is 1. The zero-order valence-electron chi connectivity index (χ0n) is 16.6. The highest BCUT2D eigenvalue weighted by atomic mass is 35.5. The van der Waals surface area contributed by atoms with Crippen LogP contribution in [0.25, 0.3) is 10.2 Å². The van der Waals surface area contributed by atoms with E-state index >= 15 is 0 Å². The molecule has 2 aromatic heterocycles. The van der Waals surface area contributed by atoms with Crippen LogP contribution in [0.1, 0.15) is 22.5 Å². The van der Waals surface area contributed by atoms with Gasteiger partial charge in [-0.05, 0) is 31.5 Å². The van der Waals surface area contributed by atoms with Gasteiger partial charge < -0.3 is 4.74 Å². The van der Waals surface area contributed by atoms with Crippen LogP contribution >= 0.6 is 22.9 Å². The van der Waals surface area contributed by atoms with E-state index in [1.165, 1.54) is 11.3 Å². The highest BCUT2D eigenvalue weighted by molar-refractivity contribution is 7.22. The van der Waals surface area contributed by atoms with Crippen molar-refractivity contribution in [3.05, 3.63) is 40.7 Å². The number of fused-ring (bicyclic) bond motifs is 1. The van der Waals surface area contributed by atoms with Crippen molar-refractivity contribution in [1.82, 2.24) is 19.7 Å². The molecule has 0 unspecified atom stereocenters. The normalized spacial score (nSPS) is 15.1. The zero-order chi connectivity index (χ0) is 20.4. The van der Waals surface area contributed by atoms with Crippen molar-refractivity contribution in [2.75, 3.05) is 44.3 Å². The minimum Gasteiger partial charge on any atom is -0.379 e. The van der Waals surface area contributed by atoms with Gasteiger partial charge in [0.1, 0.15) is 0 Å². The highest BCUT2D eigenvalue weighted by Gasteiger charge is 2.25. The molecule has 0 bridgehead atoms. The van der Waals surface area contributed by atoms with Crippen LogP contribution in [0.4, 0.5) is 5.13 Å². The van der Waals surface area contributed by atoms with Gasteiger partial charge in [-0.15, -0.1) is 0 Å². The third-order valence-electron chi connectivity index (χ3n) is 4.99. The van der Waals surface area contributed by atoms with Gasteiger partial charge in [-0.3, -0.25) is 19.3 Å². The molecule has 154 valence electrons. The second-order valence-corrected chi connectivity index (χ2v) is 8.65. The fraction of sp³-hybridized carbons (Fsp3) is 0.450. The SMILES string of the molecule is Cc1cn(C)nc1C(=O)N(CCCN1CCOCC1)c1nc2ccc(Cl)cc2s1. The van der Waals surface area contributed by atoms with Crippen molar-refractivity contribution in [3.63, 3.8) is 0 Å². The van der Waals surface area contributed by atoms with Gasteiger partial charge >= 0.3 is 0 Å². The summed E-state index contributed by atoms with van der Waals surface area (Å²) < 4.78 is 8.06. The van der Waals surface area contributed by atoms with E-state index in [1.807, 2.05) is 38.4 Å². The lowest BCUT2D eigenvalue weighted by atomic mass is 10.2. The monoisotopic (exact) mass is 433 g/mol. The van der Waals surface area contributed by atoms with Gasteiger partial charge in [0.05, 0.1) is 23.4 Å². The van der Waals surface area contributed by atoms with Crippen LogP contribution in [-0.4, -0.2) is 65.0 Å². The lowest BCUT2D eigenvalue weighted by Crippen LogP contribution is -2.39. The number of hydrogen-bond donors (Lipinski definition) is 0. The molecule has 0 saturated carbocycles. The minimum absolute atomic E-state index is 0.116. The molecule has 29 heavy (non-hydrogen) atoms. The van der Waals surface area contributed by atoms with Gasteiger partial charge in [-0.2, -0.15) is 5.10 Å². The largest absolute Gasteiger partial charge is 0.379 e. The van der Waals surface area contributed by atoms with Crippen molar-refractivity contribution in [2.45, 2.75) is 13.3 Å². The molecule has 3 aromatic rings. The first-order valence-electron chi connectivity index (χ1n) is 9.69. The summed E-state index contributed by atoms with van der Waals surface area (Å²) in [6.07, 6.45) is 2.71. The topological polar surface area (TPSA) is 63.5 Å². The van der Waals surface area contributed by atoms with Gasteiger partial charge in [0.25, 0.3) is 5.91 Å². The first kappa shape index (κ1) is 20.3. The maximum atomic E-state index is 13.4. The van der Waals surface area contributed by atoms with Crippen molar-refractivity contribution >= 4 is 44.2 Å². The van der Waals surface area contributed by atoms with Crippen LogP contribution in [0, 0.1) is 6.92 Å². The van der Waals surface area contributed by atoms with Crippen LogP contribution < -0.4 is 4.90 Å². The van der Waals surface area contributed by atoms with Crippen molar-refractivity contribution in [2.24, 2.45) is 7.05 Å². The van der Waals surface area contributed by atoms with E-state index in [4.69, 9.17) is 21.3 Å². The molecule has 0 radical (unpaired) electrons. The van der Waals surface area contributed by atoms with Crippen LogP contribution in [0.5, 0.6) is 0 Å². The Morgan fingerprint density at radius 1 is 1.34 bits per heavy atom. The Morgan fingerprint density at radius 2 is 2.14 bits per heavy atom. The van der Waals surface area contributed by atoms with Crippen molar-refractivity contribution in [3.8, 4) is 0 Å². The van der Waals surface area contributed by atoms with Crippen molar-refractivity contribution in [1.29, 1.82) is 0 Å². The first-order chi connectivity index (χ1) is 14.0. The Hall–Kier alpha value is -2.00. The maximum absolute atomic E-state index is 13.4. The number of thiazole rings is 1. The molecule has 1 fully saturated rings. The van der Waals surface area contributed by atoms with E-state index in [9.17, 15) is 4.79 Å². The summed E-state index contributed by atoms with van der Waals surface area (Å²) in [6, 6.07) is 5.60. The molecule has 1 aliphatic heterocycles. The molecule has 0 atom stereocenters. The number of hydrogen-bond acceptors (Lipinski definition) is 6. The van der Waals surface area contributed by atoms with Gasteiger partial charge in [-0.25, -0.2) is 4.98 Å². The summed E-state index contributed by atoms with van der Waals surface area (Å²) in [4.78, 5) is 22.2. The zero-order valence-corrected chi connectivity index (χ0v) is 18.2. The van der Waals surface area contributed by atoms with Crippen LogP contribution in [0.3, 0.4) is 0 Å². The number of ether oxygens (including phenoxy) is 1. The average molecular weight is 434 g/mol.